The second kappa shape index (κ2) is 5.95. The number of rotatable bonds is 3. The second-order valence-corrected chi connectivity index (χ2v) is 4.86. The first-order chi connectivity index (χ1) is 9.08. The molecule has 0 fully saturated rings. The van der Waals surface area contributed by atoms with E-state index in [-0.39, 0.29) is 5.91 Å². The zero-order valence-electron chi connectivity index (χ0n) is 9.99. The molecule has 0 saturated heterocycles. The van der Waals surface area contributed by atoms with Gasteiger partial charge >= 0.3 is 0 Å². The average Bonchev–Trinajstić information content (AvgIpc) is 2.38. The maximum Gasteiger partial charge on any atom is 0.255 e. The van der Waals surface area contributed by atoms with Gasteiger partial charge < -0.3 is 11.1 Å². The highest BCUT2D eigenvalue weighted by Crippen LogP contribution is 2.21. The van der Waals surface area contributed by atoms with Crippen LogP contribution in [-0.4, -0.2) is 5.91 Å². The predicted molar refractivity (Wildman–Crippen MR) is 78.5 cm³/mol. The first-order valence-electron chi connectivity index (χ1n) is 5.64. The van der Waals surface area contributed by atoms with Crippen LogP contribution in [0.2, 0.25) is 10.0 Å². The fraction of sp³-hybridized carbons (Fsp3) is 0.0714. The molecule has 0 heterocycles. The maximum absolute atomic E-state index is 12.0. The molecule has 3 nitrogen and oxygen atoms in total. The molecule has 5 heteroatoms. The number of benzene rings is 2. The van der Waals surface area contributed by atoms with E-state index in [1.807, 2.05) is 12.1 Å². The SMILES string of the molecule is Nc1cccc(Cl)c1C(=O)NCc1ccc(Cl)cc1. The van der Waals surface area contributed by atoms with Crippen molar-refractivity contribution in [3.63, 3.8) is 0 Å². The van der Waals surface area contributed by atoms with Gasteiger partial charge in [0.05, 0.1) is 10.6 Å². The standard InChI is InChI=1S/C14H12Cl2N2O/c15-10-6-4-9(5-7-10)8-18-14(19)13-11(16)2-1-3-12(13)17/h1-7H,8,17H2,(H,18,19). The molecule has 3 N–H and O–H groups in total. The van der Waals surface area contributed by atoms with E-state index in [2.05, 4.69) is 5.32 Å². The normalized spacial score (nSPS) is 10.2. The van der Waals surface area contributed by atoms with Gasteiger partial charge in [0.2, 0.25) is 0 Å². The van der Waals surface area contributed by atoms with Crippen molar-refractivity contribution >= 4 is 34.8 Å². The van der Waals surface area contributed by atoms with E-state index in [9.17, 15) is 4.79 Å². The number of hydrogen-bond acceptors (Lipinski definition) is 2. The van der Waals surface area contributed by atoms with Gasteiger partial charge in [-0.2, -0.15) is 0 Å². The van der Waals surface area contributed by atoms with Crippen molar-refractivity contribution in [2.24, 2.45) is 0 Å². The number of halogens is 2. The van der Waals surface area contributed by atoms with Gasteiger partial charge in [-0.3, -0.25) is 4.79 Å². The third-order valence-electron chi connectivity index (χ3n) is 2.64. The fourth-order valence-electron chi connectivity index (χ4n) is 1.65. The molecule has 0 saturated carbocycles. The van der Waals surface area contributed by atoms with Gasteiger partial charge in [-0.1, -0.05) is 41.4 Å². The molecule has 2 aromatic carbocycles. The number of nitrogen functional groups attached to an aromatic ring is 1. The number of amides is 1. The monoisotopic (exact) mass is 294 g/mol. The number of hydrogen-bond donors (Lipinski definition) is 2. The Kier molecular flexibility index (Phi) is 4.30. The van der Waals surface area contributed by atoms with Crippen LogP contribution >= 0.6 is 23.2 Å². The van der Waals surface area contributed by atoms with Crippen LogP contribution in [0, 0.1) is 0 Å². The smallest absolute Gasteiger partial charge is 0.255 e. The summed E-state index contributed by atoms with van der Waals surface area (Å²) in [6.07, 6.45) is 0. The third-order valence-corrected chi connectivity index (χ3v) is 3.21. The van der Waals surface area contributed by atoms with Crippen LogP contribution in [0.5, 0.6) is 0 Å². The van der Waals surface area contributed by atoms with Gasteiger partial charge in [-0.15, -0.1) is 0 Å². The molecule has 0 aliphatic heterocycles. The lowest BCUT2D eigenvalue weighted by molar-refractivity contribution is 0.0952. The predicted octanol–water partition coefficient (Wildman–Crippen LogP) is 3.51. The summed E-state index contributed by atoms with van der Waals surface area (Å²) in [5.74, 6) is -0.293. The van der Waals surface area contributed by atoms with Gasteiger partial charge in [-0.05, 0) is 29.8 Å². The second-order valence-electron chi connectivity index (χ2n) is 4.01. The lowest BCUT2D eigenvalue weighted by Crippen LogP contribution is -2.24. The van der Waals surface area contributed by atoms with Crippen LogP contribution in [0.25, 0.3) is 0 Å². The minimum Gasteiger partial charge on any atom is -0.398 e. The summed E-state index contributed by atoms with van der Waals surface area (Å²) in [4.78, 5) is 12.0. The molecule has 98 valence electrons. The summed E-state index contributed by atoms with van der Waals surface area (Å²) in [7, 11) is 0. The van der Waals surface area contributed by atoms with E-state index < -0.39 is 0 Å². The topological polar surface area (TPSA) is 55.1 Å². The maximum atomic E-state index is 12.0. The van der Waals surface area contributed by atoms with Crippen molar-refractivity contribution in [3.8, 4) is 0 Å². The van der Waals surface area contributed by atoms with Crippen LogP contribution in [0.15, 0.2) is 42.5 Å². The van der Waals surface area contributed by atoms with Crippen molar-refractivity contribution < 1.29 is 4.79 Å². The van der Waals surface area contributed by atoms with Crippen LogP contribution in [0.3, 0.4) is 0 Å². The molecule has 0 aromatic heterocycles. The molecule has 0 spiro atoms. The first-order valence-corrected chi connectivity index (χ1v) is 6.40. The van der Waals surface area contributed by atoms with Crippen LogP contribution in [-0.2, 0) is 6.54 Å². The van der Waals surface area contributed by atoms with Crippen molar-refractivity contribution in [1.82, 2.24) is 5.32 Å². The average molecular weight is 295 g/mol. The Balaban J connectivity index is 2.07. The minimum absolute atomic E-state index is 0.293. The summed E-state index contributed by atoms with van der Waals surface area (Å²) in [6, 6.07) is 12.2. The largest absolute Gasteiger partial charge is 0.398 e. The fourth-order valence-corrected chi connectivity index (χ4v) is 2.05. The quantitative estimate of drug-likeness (QED) is 0.851. The number of carbonyl (C=O) groups is 1. The molecule has 0 radical (unpaired) electrons. The Morgan fingerprint density at radius 3 is 2.42 bits per heavy atom. The highest BCUT2D eigenvalue weighted by Gasteiger charge is 2.13. The number of anilines is 1. The molecular weight excluding hydrogens is 283 g/mol. The highest BCUT2D eigenvalue weighted by atomic mass is 35.5. The Morgan fingerprint density at radius 2 is 1.79 bits per heavy atom. The van der Waals surface area contributed by atoms with E-state index in [0.717, 1.165) is 5.56 Å². The molecule has 2 aromatic rings. The molecule has 0 bridgehead atoms. The Labute approximate surface area is 121 Å². The Morgan fingerprint density at radius 1 is 1.11 bits per heavy atom. The molecular formula is C14H12Cl2N2O. The Bertz CT molecular complexity index is 577. The van der Waals surface area contributed by atoms with Crippen LogP contribution in [0.4, 0.5) is 5.69 Å². The van der Waals surface area contributed by atoms with Crippen molar-refractivity contribution in [2.75, 3.05) is 5.73 Å². The molecule has 2 rings (SSSR count). The van der Waals surface area contributed by atoms with Crippen LogP contribution < -0.4 is 11.1 Å². The highest BCUT2D eigenvalue weighted by molar-refractivity contribution is 6.34. The van der Waals surface area contributed by atoms with Gasteiger partial charge in [-0.25, -0.2) is 0 Å². The molecule has 0 unspecified atom stereocenters. The molecule has 0 aliphatic carbocycles. The van der Waals surface area contributed by atoms with E-state index in [1.54, 1.807) is 30.3 Å². The zero-order chi connectivity index (χ0) is 13.8. The summed E-state index contributed by atoms with van der Waals surface area (Å²) in [6.45, 7) is 0.390. The van der Waals surface area contributed by atoms with Gasteiger partial charge in [0.15, 0.2) is 0 Å². The summed E-state index contributed by atoms with van der Waals surface area (Å²) < 4.78 is 0. The zero-order valence-corrected chi connectivity index (χ0v) is 11.5. The molecule has 0 atom stereocenters. The van der Waals surface area contributed by atoms with Gasteiger partial charge in [0.25, 0.3) is 5.91 Å². The first kappa shape index (κ1) is 13.7. The van der Waals surface area contributed by atoms with Gasteiger partial charge in [0, 0.05) is 17.3 Å². The Hall–Kier alpha value is -1.71. The van der Waals surface area contributed by atoms with E-state index in [1.165, 1.54) is 0 Å². The third kappa shape index (κ3) is 3.40. The van der Waals surface area contributed by atoms with Crippen molar-refractivity contribution in [2.45, 2.75) is 6.54 Å². The van der Waals surface area contributed by atoms with E-state index in [0.29, 0.717) is 27.8 Å². The van der Waals surface area contributed by atoms with E-state index in [4.69, 9.17) is 28.9 Å². The van der Waals surface area contributed by atoms with Crippen molar-refractivity contribution in [3.05, 3.63) is 63.6 Å². The number of carbonyl (C=O) groups excluding carboxylic acids is 1. The number of nitrogens with two attached hydrogens (primary N) is 1. The molecule has 19 heavy (non-hydrogen) atoms. The van der Waals surface area contributed by atoms with E-state index >= 15 is 0 Å². The molecule has 1 amide bonds. The van der Waals surface area contributed by atoms with Crippen LogP contribution in [0.1, 0.15) is 15.9 Å². The summed E-state index contributed by atoms with van der Waals surface area (Å²) in [5.41, 5.74) is 7.36. The lowest BCUT2D eigenvalue weighted by atomic mass is 10.1. The molecule has 0 aliphatic rings. The number of nitrogens with one attached hydrogen (secondary N) is 1. The van der Waals surface area contributed by atoms with Gasteiger partial charge in [0.1, 0.15) is 0 Å². The summed E-state index contributed by atoms with van der Waals surface area (Å²) in [5, 5.41) is 3.77. The minimum atomic E-state index is -0.293. The summed E-state index contributed by atoms with van der Waals surface area (Å²) >= 11 is 11.8. The van der Waals surface area contributed by atoms with Crippen molar-refractivity contribution in [1.29, 1.82) is 0 Å². The lowest BCUT2D eigenvalue weighted by Gasteiger charge is -2.09.